The number of hydrogen-bond donors (Lipinski definition) is 1. The van der Waals surface area contributed by atoms with Crippen LogP contribution in [0.2, 0.25) is 5.02 Å². The second-order valence-electron chi connectivity index (χ2n) is 3.04. The Morgan fingerprint density at radius 3 is 2.53 bits per heavy atom. The lowest BCUT2D eigenvalue weighted by Crippen LogP contribution is -2.30. The highest BCUT2D eigenvalue weighted by Crippen LogP contribution is 2.23. The predicted molar refractivity (Wildman–Crippen MR) is 56.4 cm³/mol. The molecule has 0 bridgehead atoms. The summed E-state index contributed by atoms with van der Waals surface area (Å²) in [6.07, 6.45) is -6.03. The summed E-state index contributed by atoms with van der Waals surface area (Å²) in [6, 6.07) is 4.02. The van der Waals surface area contributed by atoms with Crippen LogP contribution in [0.1, 0.15) is 10.4 Å². The number of carbonyl (C=O) groups is 2. The largest absolute Gasteiger partial charge is 0.323 e. The predicted octanol–water partition coefficient (Wildman–Crippen LogP) is 2.69. The van der Waals surface area contributed by atoms with Gasteiger partial charge in [0.2, 0.25) is 6.17 Å². The summed E-state index contributed by atoms with van der Waals surface area (Å²) in [5.74, 6) is -1.52. The van der Waals surface area contributed by atoms with Gasteiger partial charge in [0.15, 0.2) is 6.29 Å². The molecule has 0 aliphatic heterocycles. The number of alkyl halides is 3. The first-order valence-corrected chi connectivity index (χ1v) is 4.82. The van der Waals surface area contributed by atoms with Gasteiger partial charge in [-0.1, -0.05) is 17.7 Å². The lowest BCUT2D eigenvalue weighted by atomic mass is 10.2. The monoisotopic (exact) mass is 265 g/mol. The van der Waals surface area contributed by atoms with Gasteiger partial charge in [0.05, 0.1) is 16.3 Å². The van der Waals surface area contributed by atoms with Crippen LogP contribution in [0, 0.1) is 0 Å². The Bertz CT molecular complexity index is 440. The van der Waals surface area contributed by atoms with Crippen molar-refractivity contribution in [3.8, 4) is 0 Å². The summed E-state index contributed by atoms with van der Waals surface area (Å²) in [6.45, 7) is 0. The number of aldehydes is 1. The van der Waals surface area contributed by atoms with E-state index in [1.807, 2.05) is 5.32 Å². The Hall–Kier alpha value is -1.56. The SMILES string of the molecule is O=Cc1c(Cl)cccc1NC(=O)C(F)C(F)F. The van der Waals surface area contributed by atoms with E-state index >= 15 is 0 Å². The smallest absolute Gasteiger partial charge is 0.278 e. The highest BCUT2D eigenvalue weighted by atomic mass is 35.5. The molecule has 0 saturated carbocycles. The second kappa shape index (κ2) is 5.67. The molecular weight excluding hydrogens is 259 g/mol. The summed E-state index contributed by atoms with van der Waals surface area (Å²) in [7, 11) is 0. The van der Waals surface area contributed by atoms with Crippen LogP contribution in [-0.4, -0.2) is 24.8 Å². The number of nitrogens with one attached hydrogen (secondary N) is 1. The molecule has 0 spiro atoms. The molecule has 1 amide bonds. The van der Waals surface area contributed by atoms with Gasteiger partial charge < -0.3 is 5.32 Å². The van der Waals surface area contributed by atoms with Gasteiger partial charge >= 0.3 is 0 Å². The fourth-order valence-corrected chi connectivity index (χ4v) is 1.30. The van der Waals surface area contributed by atoms with E-state index in [4.69, 9.17) is 11.6 Å². The van der Waals surface area contributed by atoms with Crippen LogP contribution in [-0.2, 0) is 4.79 Å². The lowest BCUT2D eigenvalue weighted by molar-refractivity contribution is -0.125. The zero-order valence-electron chi connectivity index (χ0n) is 8.29. The van der Waals surface area contributed by atoms with Crippen molar-refractivity contribution >= 4 is 29.5 Å². The summed E-state index contributed by atoms with van der Waals surface area (Å²) < 4.78 is 36.5. The minimum atomic E-state index is -3.42. The van der Waals surface area contributed by atoms with Gasteiger partial charge in [-0.3, -0.25) is 9.59 Å². The van der Waals surface area contributed by atoms with E-state index in [1.165, 1.54) is 18.2 Å². The Morgan fingerprint density at radius 2 is 2.00 bits per heavy atom. The van der Waals surface area contributed by atoms with E-state index < -0.39 is 18.5 Å². The van der Waals surface area contributed by atoms with Crippen molar-refractivity contribution in [3.63, 3.8) is 0 Å². The topological polar surface area (TPSA) is 46.2 Å². The van der Waals surface area contributed by atoms with Crippen LogP contribution in [0.3, 0.4) is 0 Å². The fourth-order valence-electron chi connectivity index (χ4n) is 1.08. The average Bonchev–Trinajstić information content (AvgIpc) is 2.28. The highest BCUT2D eigenvalue weighted by Gasteiger charge is 2.28. The zero-order chi connectivity index (χ0) is 13.0. The number of rotatable bonds is 4. The average molecular weight is 266 g/mol. The van der Waals surface area contributed by atoms with Gasteiger partial charge in [-0.25, -0.2) is 13.2 Å². The Kier molecular flexibility index (Phi) is 4.51. The molecule has 1 unspecified atom stereocenters. The van der Waals surface area contributed by atoms with Crippen molar-refractivity contribution < 1.29 is 22.8 Å². The molecule has 0 aromatic heterocycles. The molecule has 7 heteroatoms. The van der Waals surface area contributed by atoms with Crippen molar-refractivity contribution in [2.24, 2.45) is 0 Å². The maximum atomic E-state index is 12.7. The van der Waals surface area contributed by atoms with E-state index in [0.29, 0.717) is 6.29 Å². The van der Waals surface area contributed by atoms with Gasteiger partial charge in [-0.2, -0.15) is 0 Å². The molecule has 3 nitrogen and oxygen atoms in total. The van der Waals surface area contributed by atoms with Crippen molar-refractivity contribution in [2.75, 3.05) is 5.32 Å². The van der Waals surface area contributed by atoms with E-state index in [0.717, 1.165) is 0 Å². The first kappa shape index (κ1) is 13.5. The molecule has 1 rings (SSSR count). The van der Waals surface area contributed by atoms with E-state index in [1.54, 1.807) is 0 Å². The van der Waals surface area contributed by atoms with Gasteiger partial charge in [-0.15, -0.1) is 0 Å². The molecule has 0 heterocycles. The number of benzene rings is 1. The van der Waals surface area contributed by atoms with E-state index in [2.05, 4.69) is 0 Å². The van der Waals surface area contributed by atoms with Gasteiger partial charge in [0, 0.05) is 0 Å². The standard InChI is InChI=1S/C10H7ClF3NO2/c11-6-2-1-3-7(5(6)4-16)15-10(17)8(12)9(13)14/h1-4,8-9H,(H,15,17). The minimum Gasteiger partial charge on any atom is -0.323 e. The number of hydrogen-bond acceptors (Lipinski definition) is 2. The molecule has 1 aromatic carbocycles. The Morgan fingerprint density at radius 1 is 1.35 bits per heavy atom. The highest BCUT2D eigenvalue weighted by molar-refractivity contribution is 6.33. The van der Waals surface area contributed by atoms with Crippen molar-refractivity contribution in [1.82, 2.24) is 0 Å². The summed E-state index contributed by atoms with van der Waals surface area (Å²) in [5, 5.41) is 1.91. The first-order valence-electron chi connectivity index (χ1n) is 4.44. The van der Waals surface area contributed by atoms with Gasteiger partial charge in [-0.05, 0) is 12.1 Å². The zero-order valence-corrected chi connectivity index (χ0v) is 9.05. The van der Waals surface area contributed by atoms with Crippen LogP contribution in [0.5, 0.6) is 0 Å². The molecule has 1 aromatic rings. The number of amides is 1. The summed E-state index contributed by atoms with van der Waals surface area (Å²) >= 11 is 5.63. The molecule has 17 heavy (non-hydrogen) atoms. The van der Waals surface area contributed by atoms with Gasteiger partial charge in [0.25, 0.3) is 12.3 Å². The van der Waals surface area contributed by atoms with Crippen LogP contribution in [0.4, 0.5) is 18.9 Å². The van der Waals surface area contributed by atoms with Crippen molar-refractivity contribution in [3.05, 3.63) is 28.8 Å². The molecule has 0 radical (unpaired) electrons. The summed E-state index contributed by atoms with van der Waals surface area (Å²) in [5.41, 5.74) is -0.204. The molecule has 0 saturated heterocycles. The maximum Gasteiger partial charge on any atom is 0.278 e. The maximum absolute atomic E-state index is 12.7. The van der Waals surface area contributed by atoms with E-state index in [-0.39, 0.29) is 16.3 Å². The Balaban J connectivity index is 2.92. The number of anilines is 1. The third-order valence-electron chi connectivity index (χ3n) is 1.90. The number of carbonyl (C=O) groups excluding carboxylic acids is 2. The second-order valence-corrected chi connectivity index (χ2v) is 3.45. The molecular formula is C10H7ClF3NO2. The van der Waals surface area contributed by atoms with Gasteiger partial charge in [0.1, 0.15) is 0 Å². The first-order chi connectivity index (χ1) is 7.97. The molecule has 1 atom stereocenters. The van der Waals surface area contributed by atoms with Crippen molar-refractivity contribution in [1.29, 1.82) is 0 Å². The van der Waals surface area contributed by atoms with Crippen LogP contribution in [0.25, 0.3) is 0 Å². The van der Waals surface area contributed by atoms with Crippen LogP contribution >= 0.6 is 11.6 Å². The minimum absolute atomic E-state index is 0.0326. The third kappa shape index (κ3) is 3.20. The molecule has 0 aliphatic carbocycles. The normalized spacial score (nSPS) is 12.3. The molecule has 1 N–H and O–H groups in total. The molecule has 0 aliphatic rings. The number of halogens is 4. The van der Waals surface area contributed by atoms with E-state index in [9.17, 15) is 22.8 Å². The van der Waals surface area contributed by atoms with Crippen LogP contribution < -0.4 is 5.32 Å². The Labute approximate surface area is 99.6 Å². The van der Waals surface area contributed by atoms with Crippen LogP contribution in [0.15, 0.2) is 18.2 Å². The quantitative estimate of drug-likeness (QED) is 0.851. The fraction of sp³-hybridized carbons (Fsp3) is 0.200. The summed E-state index contributed by atoms with van der Waals surface area (Å²) in [4.78, 5) is 21.7. The van der Waals surface area contributed by atoms with Crippen molar-refractivity contribution in [2.45, 2.75) is 12.6 Å². The molecule has 92 valence electrons. The molecule has 0 fully saturated rings. The third-order valence-corrected chi connectivity index (χ3v) is 2.23. The lowest BCUT2D eigenvalue weighted by Gasteiger charge is -2.10.